The maximum absolute atomic E-state index is 11.9. The molecule has 1 aromatic heterocycles. The summed E-state index contributed by atoms with van der Waals surface area (Å²) in [5, 5.41) is 3.58. The predicted molar refractivity (Wildman–Crippen MR) is 69.0 cm³/mol. The highest BCUT2D eigenvalue weighted by Crippen LogP contribution is 2.30. The third-order valence-electron chi connectivity index (χ3n) is 3.28. The van der Waals surface area contributed by atoms with Crippen molar-refractivity contribution in [3.05, 3.63) is 16.1 Å². The molecule has 0 aromatic carbocycles. The van der Waals surface area contributed by atoms with Crippen molar-refractivity contribution in [2.24, 2.45) is 17.6 Å². The predicted octanol–water partition coefficient (Wildman–Crippen LogP) is 1.29. The highest BCUT2D eigenvalue weighted by Gasteiger charge is 2.27. The van der Waals surface area contributed by atoms with Crippen molar-refractivity contribution in [1.29, 1.82) is 0 Å². The van der Waals surface area contributed by atoms with Crippen molar-refractivity contribution >= 4 is 23.2 Å². The number of hydrogen-bond donors (Lipinski definition) is 2. The molecule has 6 heteroatoms. The van der Waals surface area contributed by atoms with Gasteiger partial charge in [-0.15, -0.1) is 11.3 Å². The number of nitrogens with one attached hydrogen (secondary N) is 1. The largest absolute Gasteiger partial charge is 0.365 e. The number of amides is 2. The highest BCUT2D eigenvalue weighted by atomic mass is 32.1. The number of rotatable bonds is 4. The summed E-state index contributed by atoms with van der Waals surface area (Å²) in [4.78, 5) is 27.3. The summed E-state index contributed by atoms with van der Waals surface area (Å²) in [6.07, 6.45) is 4.51. The summed E-state index contributed by atoms with van der Waals surface area (Å²) < 4.78 is 0. The summed E-state index contributed by atoms with van der Waals surface area (Å²) in [5.74, 6) is 0.391. The summed E-state index contributed by atoms with van der Waals surface area (Å²) >= 11 is 1.23. The minimum Gasteiger partial charge on any atom is -0.365 e. The molecule has 18 heavy (non-hydrogen) atoms. The Hall–Kier alpha value is -1.43. The van der Waals surface area contributed by atoms with Crippen LogP contribution in [0.5, 0.6) is 0 Å². The molecule has 1 aromatic rings. The number of primary amides is 1. The number of nitrogens with two attached hydrogens (primary N) is 1. The number of carbonyl (C=O) groups excluding carboxylic acids is 2. The topological polar surface area (TPSA) is 85.1 Å². The van der Waals surface area contributed by atoms with Crippen LogP contribution in [0.3, 0.4) is 0 Å². The quantitative estimate of drug-likeness (QED) is 0.862. The van der Waals surface area contributed by atoms with E-state index in [1.807, 2.05) is 0 Å². The first-order valence-corrected chi connectivity index (χ1v) is 6.90. The third kappa shape index (κ3) is 3.07. The normalized spacial score (nSPS) is 22.9. The molecule has 0 radical (unpaired) electrons. The average Bonchev–Trinajstić information content (AvgIpc) is 2.94. The molecule has 5 nitrogen and oxygen atoms in total. The zero-order valence-electron chi connectivity index (χ0n) is 10.3. The molecule has 2 rings (SSSR count). The number of hydrogen-bond acceptors (Lipinski definition) is 4. The maximum atomic E-state index is 11.9. The van der Waals surface area contributed by atoms with Gasteiger partial charge in [0.2, 0.25) is 5.91 Å². The van der Waals surface area contributed by atoms with Crippen molar-refractivity contribution in [2.45, 2.75) is 32.7 Å². The first kappa shape index (κ1) is 13.0. The Morgan fingerprint density at radius 1 is 1.56 bits per heavy atom. The standard InChI is InChI=1S/C12H17N3O2S/c1-7-2-3-8(4-7)12(17)15-6-10-14-5-9(18-10)11(13)16/h5,7-8H,2-4,6H2,1H3,(H2,13,16)(H,15,17). The summed E-state index contributed by atoms with van der Waals surface area (Å²) in [6, 6.07) is 0. The van der Waals surface area contributed by atoms with E-state index in [1.54, 1.807) is 0 Å². The maximum Gasteiger partial charge on any atom is 0.260 e. The zero-order chi connectivity index (χ0) is 13.1. The summed E-state index contributed by atoms with van der Waals surface area (Å²) in [5.41, 5.74) is 5.14. The van der Waals surface area contributed by atoms with Gasteiger partial charge in [-0.3, -0.25) is 9.59 Å². The van der Waals surface area contributed by atoms with Gasteiger partial charge in [-0.1, -0.05) is 6.92 Å². The van der Waals surface area contributed by atoms with Gasteiger partial charge in [-0.2, -0.15) is 0 Å². The minimum absolute atomic E-state index is 0.0928. The molecule has 3 N–H and O–H groups in total. The number of carbonyl (C=O) groups is 2. The molecule has 2 unspecified atom stereocenters. The first-order chi connectivity index (χ1) is 8.56. The molecular formula is C12H17N3O2S. The summed E-state index contributed by atoms with van der Waals surface area (Å²) in [6.45, 7) is 2.55. The molecule has 0 spiro atoms. The van der Waals surface area contributed by atoms with Crippen molar-refractivity contribution in [3.8, 4) is 0 Å². The second-order valence-corrected chi connectivity index (χ2v) is 5.93. The van der Waals surface area contributed by atoms with Gasteiger partial charge in [-0.05, 0) is 25.2 Å². The van der Waals surface area contributed by atoms with Gasteiger partial charge < -0.3 is 11.1 Å². The van der Waals surface area contributed by atoms with Crippen LogP contribution in [0.4, 0.5) is 0 Å². The van der Waals surface area contributed by atoms with Crippen LogP contribution in [0, 0.1) is 11.8 Å². The van der Waals surface area contributed by atoms with Crippen molar-refractivity contribution < 1.29 is 9.59 Å². The Balaban J connectivity index is 1.83. The lowest BCUT2D eigenvalue weighted by atomic mass is 10.1. The van der Waals surface area contributed by atoms with Crippen molar-refractivity contribution in [2.75, 3.05) is 0 Å². The van der Waals surface area contributed by atoms with E-state index in [4.69, 9.17) is 5.73 Å². The minimum atomic E-state index is -0.477. The molecule has 98 valence electrons. The van der Waals surface area contributed by atoms with Crippen LogP contribution in [0.2, 0.25) is 0 Å². The summed E-state index contributed by atoms with van der Waals surface area (Å²) in [7, 11) is 0. The van der Waals surface area contributed by atoms with E-state index in [9.17, 15) is 9.59 Å². The van der Waals surface area contributed by atoms with Gasteiger partial charge in [0.15, 0.2) is 0 Å². The first-order valence-electron chi connectivity index (χ1n) is 6.08. The number of aromatic nitrogens is 1. The van der Waals surface area contributed by atoms with Crippen LogP contribution in [0.1, 0.15) is 40.9 Å². The van der Waals surface area contributed by atoms with E-state index in [1.165, 1.54) is 17.5 Å². The molecule has 1 aliphatic carbocycles. The Morgan fingerprint density at radius 3 is 2.89 bits per heavy atom. The molecule has 1 saturated carbocycles. The molecule has 0 aliphatic heterocycles. The molecule has 2 amide bonds. The average molecular weight is 267 g/mol. The SMILES string of the molecule is CC1CCC(C(=O)NCc2ncc(C(N)=O)s2)C1. The highest BCUT2D eigenvalue weighted by molar-refractivity contribution is 7.13. The van der Waals surface area contributed by atoms with Gasteiger partial charge in [0.25, 0.3) is 5.91 Å². The third-order valence-corrected chi connectivity index (χ3v) is 4.29. The second-order valence-electron chi connectivity index (χ2n) is 4.82. The van der Waals surface area contributed by atoms with Crippen molar-refractivity contribution in [1.82, 2.24) is 10.3 Å². The monoisotopic (exact) mass is 267 g/mol. The lowest BCUT2D eigenvalue weighted by molar-refractivity contribution is -0.125. The van der Waals surface area contributed by atoms with Gasteiger partial charge >= 0.3 is 0 Å². The van der Waals surface area contributed by atoms with Crippen LogP contribution in [-0.4, -0.2) is 16.8 Å². The second kappa shape index (κ2) is 5.48. The Labute approximate surface area is 110 Å². The van der Waals surface area contributed by atoms with Gasteiger partial charge in [0, 0.05) is 5.92 Å². The van der Waals surface area contributed by atoms with Gasteiger partial charge in [-0.25, -0.2) is 4.98 Å². The van der Waals surface area contributed by atoms with Crippen molar-refractivity contribution in [3.63, 3.8) is 0 Å². The van der Waals surface area contributed by atoms with Crippen LogP contribution >= 0.6 is 11.3 Å². The fourth-order valence-electron chi connectivity index (χ4n) is 2.26. The number of nitrogens with zero attached hydrogens (tertiary/aromatic N) is 1. The smallest absolute Gasteiger partial charge is 0.260 e. The molecule has 1 fully saturated rings. The lowest BCUT2D eigenvalue weighted by Crippen LogP contribution is -2.28. The van der Waals surface area contributed by atoms with E-state index >= 15 is 0 Å². The Kier molecular flexibility index (Phi) is 3.96. The molecule has 0 saturated heterocycles. The van der Waals surface area contributed by atoms with E-state index in [0.717, 1.165) is 19.3 Å². The Bertz CT molecular complexity index is 458. The molecular weight excluding hydrogens is 250 g/mol. The van der Waals surface area contributed by atoms with E-state index in [-0.39, 0.29) is 11.8 Å². The molecule has 1 aliphatic rings. The van der Waals surface area contributed by atoms with E-state index < -0.39 is 5.91 Å². The fraction of sp³-hybridized carbons (Fsp3) is 0.583. The van der Waals surface area contributed by atoms with Crippen LogP contribution in [-0.2, 0) is 11.3 Å². The zero-order valence-corrected chi connectivity index (χ0v) is 11.1. The van der Waals surface area contributed by atoms with E-state index in [0.29, 0.717) is 22.3 Å². The molecule has 1 heterocycles. The van der Waals surface area contributed by atoms with E-state index in [2.05, 4.69) is 17.2 Å². The van der Waals surface area contributed by atoms with Crippen LogP contribution < -0.4 is 11.1 Å². The van der Waals surface area contributed by atoms with Gasteiger partial charge in [0.05, 0.1) is 12.7 Å². The lowest BCUT2D eigenvalue weighted by Gasteiger charge is -2.09. The van der Waals surface area contributed by atoms with Crippen LogP contribution in [0.25, 0.3) is 0 Å². The Morgan fingerprint density at radius 2 is 2.33 bits per heavy atom. The molecule has 2 atom stereocenters. The molecule has 0 bridgehead atoms. The van der Waals surface area contributed by atoms with Gasteiger partial charge in [0.1, 0.15) is 9.88 Å². The number of thiazole rings is 1. The van der Waals surface area contributed by atoms with Crippen LogP contribution in [0.15, 0.2) is 6.20 Å². The fourth-order valence-corrected chi connectivity index (χ4v) is 2.97.